The smallest absolute Gasteiger partial charge is 0.310 e. The van der Waals surface area contributed by atoms with Crippen LogP contribution in [0.25, 0.3) is 0 Å². The Kier molecular flexibility index (Phi) is 3.71. The lowest BCUT2D eigenvalue weighted by molar-refractivity contribution is -0.149. The molecule has 1 heterocycles. The molecule has 100 valence electrons. The molecule has 1 aliphatic carbocycles. The van der Waals surface area contributed by atoms with E-state index in [0.29, 0.717) is 12.3 Å². The van der Waals surface area contributed by atoms with Crippen molar-refractivity contribution in [1.82, 2.24) is 9.78 Å². The van der Waals surface area contributed by atoms with Crippen LogP contribution in [0.15, 0.2) is 12.4 Å². The average molecular weight is 251 g/mol. The Morgan fingerprint density at radius 1 is 1.67 bits per heavy atom. The fourth-order valence-corrected chi connectivity index (χ4v) is 2.43. The summed E-state index contributed by atoms with van der Waals surface area (Å²) in [4.78, 5) is 11.5. The molecule has 2 rings (SSSR count). The first kappa shape index (κ1) is 13.1. The lowest BCUT2D eigenvalue weighted by atomic mass is 9.78. The van der Waals surface area contributed by atoms with E-state index in [1.54, 1.807) is 10.9 Å². The Balaban J connectivity index is 2.01. The van der Waals surface area contributed by atoms with Crippen molar-refractivity contribution >= 4 is 5.97 Å². The predicted molar refractivity (Wildman–Crippen MR) is 68.0 cm³/mol. The number of aryl methyl sites for hydroxylation is 2. The number of carboxylic acids is 1. The number of rotatable bonds is 7. The molecule has 3 N–H and O–H groups in total. The number of hydrogen-bond acceptors (Lipinski definition) is 3. The molecule has 1 aliphatic rings. The summed E-state index contributed by atoms with van der Waals surface area (Å²) in [6.45, 7) is 0.221. The van der Waals surface area contributed by atoms with Gasteiger partial charge in [-0.1, -0.05) is 12.8 Å². The van der Waals surface area contributed by atoms with Crippen LogP contribution in [-0.4, -0.2) is 27.4 Å². The third kappa shape index (κ3) is 2.90. The van der Waals surface area contributed by atoms with Crippen LogP contribution < -0.4 is 5.73 Å². The minimum Gasteiger partial charge on any atom is -0.481 e. The second kappa shape index (κ2) is 5.10. The highest BCUT2D eigenvalue weighted by molar-refractivity contribution is 5.75. The van der Waals surface area contributed by atoms with Crippen LogP contribution in [0.4, 0.5) is 0 Å². The van der Waals surface area contributed by atoms with Crippen LogP contribution in [0.2, 0.25) is 0 Å². The first-order chi connectivity index (χ1) is 8.55. The highest BCUT2D eigenvalue weighted by Gasteiger charge is 2.41. The van der Waals surface area contributed by atoms with Crippen LogP contribution >= 0.6 is 0 Å². The Labute approximate surface area is 107 Å². The maximum absolute atomic E-state index is 11.5. The lowest BCUT2D eigenvalue weighted by Gasteiger charge is -2.27. The van der Waals surface area contributed by atoms with E-state index < -0.39 is 11.4 Å². The van der Waals surface area contributed by atoms with Gasteiger partial charge in [0.15, 0.2) is 0 Å². The molecule has 5 nitrogen and oxygen atoms in total. The van der Waals surface area contributed by atoms with Crippen molar-refractivity contribution in [2.24, 2.45) is 24.1 Å². The fourth-order valence-electron chi connectivity index (χ4n) is 2.43. The van der Waals surface area contributed by atoms with Gasteiger partial charge >= 0.3 is 5.97 Å². The first-order valence-corrected chi connectivity index (χ1v) is 6.47. The molecule has 1 fully saturated rings. The van der Waals surface area contributed by atoms with Crippen molar-refractivity contribution in [3.63, 3.8) is 0 Å². The molecule has 0 aromatic carbocycles. The standard InChI is InChI=1S/C13H21N3O2/c1-16-8-11(7-15-16)4-5-13(9-14,12(17)18)6-10-2-3-10/h7-8,10H,2-6,9,14H2,1H3,(H,17,18). The topological polar surface area (TPSA) is 81.1 Å². The molecule has 0 spiro atoms. The Morgan fingerprint density at radius 2 is 2.39 bits per heavy atom. The number of carboxylic acid groups (broad SMARTS) is 1. The van der Waals surface area contributed by atoms with Crippen molar-refractivity contribution < 1.29 is 9.90 Å². The van der Waals surface area contributed by atoms with Gasteiger partial charge < -0.3 is 10.8 Å². The van der Waals surface area contributed by atoms with E-state index in [9.17, 15) is 9.90 Å². The van der Waals surface area contributed by atoms with Crippen molar-refractivity contribution in [1.29, 1.82) is 0 Å². The van der Waals surface area contributed by atoms with Gasteiger partial charge in [-0.05, 0) is 30.7 Å². The predicted octanol–water partition coefficient (Wildman–Crippen LogP) is 1.18. The van der Waals surface area contributed by atoms with E-state index in [2.05, 4.69) is 5.10 Å². The van der Waals surface area contributed by atoms with Gasteiger partial charge in [-0.15, -0.1) is 0 Å². The number of aliphatic carboxylic acids is 1. The van der Waals surface area contributed by atoms with E-state index in [4.69, 9.17) is 5.73 Å². The third-order valence-corrected chi connectivity index (χ3v) is 3.87. The summed E-state index contributed by atoms with van der Waals surface area (Å²) < 4.78 is 1.74. The molecule has 1 aromatic rings. The summed E-state index contributed by atoms with van der Waals surface area (Å²) in [5, 5.41) is 13.6. The highest BCUT2D eigenvalue weighted by atomic mass is 16.4. The highest BCUT2D eigenvalue weighted by Crippen LogP contribution is 2.42. The van der Waals surface area contributed by atoms with Gasteiger partial charge in [-0.2, -0.15) is 5.10 Å². The summed E-state index contributed by atoms with van der Waals surface area (Å²) in [5.74, 6) is -0.181. The van der Waals surface area contributed by atoms with Gasteiger partial charge in [-0.3, -0.25) is 9.48 Å². The molecule has 0 aliphatic heterocycles. The van der Waals surface area contributed by atoms with E-state index >= 15 is 0 Å². The van der Waals surface area contributed by atoms with Crippen molar-refractivity contribution in [3.8, 4) is 0 Å². The Morgan fingerprint density at radius 3 is 2.83 bits per heavy atom. The molecule has 0 radical (unpaired) electrons. The zero-order valence-electron chi connectivity index (χ0n) is 10.8. The second-order valence-electron chi connectivity index (χ2n) is 5.46. The molecule has 0 saturated heterocycles. The minimum absolute atomic E-state index is 0.221. The van der Waals surface area contributed by atoms with Crippen molar-refractivity contribution in [2.75, 3.05) is 6.54 Å². The summed E-state index contributed by atoms with van der Waals surface area (Å²) in [7, 11) is 1.86. The third-order valence-electron chi connectivity index (χ3n) is 3.87. The fraction of sp³-hybridized carbons (Fsp3) is 0.692. The number of aromatic nitrogens is 2. The Bertz CT molecular complexity index is 426. The quantitative estimate of drug-likeness (QED) is 0.762. The van der Waals surface area contributed by atoms with Crippen LogP contribution in [0.3, 0.4) is 0 Å². The molecule has 1 unspecified atom stereocenters. The largest absolute Gasteiger partial charge is 0.481 e. The van der Waals surface area contributed by atoms with Crippen molar-refractivity contribution in [3.05, 3.63) is 18.0 Å². The molecular weight excluding hydrogens is 230 g/mol. The molecule has 0 amide bonds. The van der Waals surface area contributed by atoms with E-state index in [0.717, 1.165) is 31.2 Å². The number of nitrogens with zero attached hydrogens (tertiary/aromatic N) is 2. The SMILES string of the molecule is Cn1cc(CCC(CN)(CC2CC2)C(=O)O)cn1. The van der Waals surface area contributed by atoms with Gasteiger partial charge in [-0.25, -0.2) is 0 Å². The van der Waals surface area contributed by atoms with Crippen LogP contribution in [-0.2, 0) is 18.3 Å². The van der Waals surface area contributed by atoms with Gasteiger partial charge in [0, 0.05) is 19.8 Å². The zero-order chi connectivity index (χ0) is 13.2. The van der Waals surface area contributed by atoms with Gasteiger partial charge in [0.1, 0.15) is 0 Å². The van der Waals surface area contributed by atoms with Crippen molar-refractivity contribution in [2.45, 2.75) is 32.1 Å². The van der Waals surface area contributed by atoms with Crippen LogP contribution in [0, 0.1) is 11.3 Å². The summed E-state index contributed by atoms with van der Waals surface area (Å²) in [6, 6.07) is 0. The summed E-state index contributed by atoms with van der Waals surface area (Å²) in [5.41, 5.74) is 6.08. The zero-order valence-corrected chi connectivity index (χ0v) is 10.8. The minimum atomic E-state index is -0.753. The molecule has 1 aromatic heterocycles. The summed E-state index contributed by atoms with van der Waals surface area (Å²) in [6.07, 6.45) is 8.08. The van der Waals surface area contributed by atoms with E-state index in [1.165, 1.54) is 0 Å². The average Bonchev–Trinajstić information content (AvgIpc) is 3.05. The number of hydrogen-bond donors (Lipinski definition) is 2. The second-order valence-corrected chi connectivity index (χ2v) is 5.46. The molecule has 1 atom stereocenters. The summed E-state index contributed by atoms with van der Waals surface area (Å²) >= 11 is 0. The maximum Gasteiger partial charge on any atom is 0.310 e. The molecule has 1 saturated carbocycles. The van der Waals surface area contributed by atoms with E-state index in [-0.39, 0.29) is 6.54 Å². The normalized spacial score (nSPS) is 18.6. The van der Waals surface area contributed by atoms with Gasteiger partial charge in [0.2, 0.25) is 0 Å². The van der Waals surface area contributed by atoms with Gasteiger partial charge in [0.25, 0.3) is 0 Å². The molecule has 5 heteroatoms. The first-order valence-electron chi connectivity index (χ1n) is 6.47. The lowest BCUT2D eigenvalue weighted by Crippen LogP contribution is -2.39. The maximum atomic E-state index is 11.5. The molecular formula is C13H21N3O2. The monoisotopic (exact) mass is 251 g/mol. The Hall–Kier alpha value is -1.36. The van der Waals surface area contributed by atoms with Gasteiger partial charge in [0.05, 0.1) is 11.6 Å². The van der Waals surface area contributed by atoms with E-state index in [1.807, 2.05) is 13.2 Å². The molecule has 18 heavy (non-hydrogen) atoms. The van der Waals surface area contributed by atoms with Crippen LogP contribution in [0.1, 0.15) is 31.2 Å². The number of carbonyl (C=O) groups is 1. The van der Waals surface area contributed by atoms with Crippen LogP contribution in [0.5, 0.6) is 0 Å². The number of nitrogens with two attached hydrogens (primary N) is 1. The molecule has 0 bridgehead atoms.